The first-order valence-electron chi connectivity index (χ1n) is 13.1. The Morgan fingerprint density at radius 2 is 1.39 bits per heavy atom. The van der Waals surface area contributed by atoms with Gasteiger partial charge in [-0.15, -0.1) is 0 Å². The molecule has 13 nitrogen and oxygen atoms in total. The number of rotatable bonds is 10. The van der Waals surface area contributed by atoms with E-state index in [4.69, 9.17) is 28.4 Å². The second kappa shape index (κ2) is 12.9. The van der Waals surface area contributed by atoms with E-state index in [1.807, 2.05) is 0 Å². The van der Waals surface area contributed by atoms with Crippen LogP contribution >= 0.6 is 0 Å². The van der Waals surface area contributed by atoms with E-state index < -0.39 is 55.1 Å². The molecule has 2 aliphatic rings. The maximum Gasteiger partial charge on any atom is 0.201 e. The summed E-state index contributed by atoms with van der Waals surface area (Å²) in [5.74, 6) is -1.51. The second-order valence-electron chi connectivity index (χ2n) is 10.1. The second-order valence-corrected chi connectivity index (χ2v) is 10.1. The molecule has 8 atom stereocenters. The minimum absolute atomic E-state index is 0.123. The average Bonchev–Trinajstić information content (AvgIpc) is 2.98. The van der Waals surface area contributed by atoms with Crippen LogP contribution in [-0.4, -0.2) is 115 Å². The van der Waals surface area contributed by atoms with E-state index in [1.54, 1.807) is 18.2 Å². The number of ether oxygens (including phenoxy) is 6. The molecule has 4 rings (SSSR count). The molecule has 0 aromatic heterocycles. The fraction of sp³-hybridized carbons (Fsp3) is 0.571. The van der Waals surface area contributed by atoms with Gasteiger partial charge in [-0.3, -0.25) is 0 Å². The molecule has 0 bridgehead atoms. The van der Waals surface area contributed by atoms with Gasteiger partial charge in [-0.1, -0.05) is 0 Å². The summed E-state index contributed by atoms with van der Waals surface area (Å²) in [5.41, 5.74) is 1.88. The van der Waals surface area contributed by atoms with Crippen LogP contribution in [0, 0.1) is 11.8 Å². The predicted molar refractivity (Wildman–Crippen MR) is 142 cm³/mol. The van der Waals surface area contributed by atoms with Gasteiger partial charge in [0.2, 0.25) is 11.5 Å². The number of methoxy groups -OCH3 is 4. The first-order valence-corrected chi connectivity index (χ1v) is 13.1. The fourth-order valence-electron chi connectivity index (χ4n) is 5.83. The molecule has 1 aliphatic carbocycles. The van der Waals surface area contributed by atoms with Crippen LogP contribution in [0.2, 0.25) is 0 Å². The van der Waals surface area contributed by atoms with Crippen molar-refractivity contribution in [3.8, 4) is 34.5 Å². The normalized spacial score (nSPS) is 29.5. The summed E-state index contributed by atoms with van der Waals surface area (Å²) in [6.07, 6.45) is -7.02. The number of aliphatic hydroxyl groups excluding tert-OH is 5. The number of aliphatic hydroxyl groups is 5. The molecule has 7 N–H and O–H groups in total. The zero-order valence-electron chi connectivity index (χ0n) is 23.3. The third-order valence-corrected chi connectivity index (χ3v) is 7.99. The van der Waals surface area contributed by atoms with Crippen molar-refractivity contribution in [2.24, 2.45) is 11.8 Å². The van der Waals surface area contributed by atoms with Gasteiger partial charge >= 0.3 is 0 Å². The number of hydrogen-bond acceptors (Lipinski definition) is 13. The van der Waals surface area contributed by atoms with Crippen LogP contribution in [-0.2, 0) is 15.9 Å². The molecule has 1 aliphatic heterocycles. The van der Waals surface area contributed by atoms with Crippen LogP contribution in [0.15, 0.2) is 18.2 Å². The van der Waals surface area contributed by atoms with Gasteiger partial charge in [0, 0.05) is 18.1 Å². The standard InChI is InChI=1S/C28H38O13/c1-36-16-7-13(8-17(37-2)22(16)31)20-15(11-40-28-26(35)25(34)23(32)19(10-30)41-28)14(9-29)5-12-6-18(38-3)24(33)27(39-4)21(12)20/h6-8,14-15,19-20,23,25-26,28-35H,5,9-11H2,1-4H3/t14-,15-,19-,20-,23+,25+,26+,28-/m0/s1. The maximum atomic E-state index is 11.0. The Morgan fingerprint density at radius 3 is 1.93 bits per heavy atom. The van der Waals surface area contributed by atoms with Gasteiger partial charge < -0.3 is 64.2 Å². The highest BCUT2D eigenvalue weighted by molar-refractivity contribution is 5.64. The Labute approximate surface area is 237 Å². The topological polar surface area (TPSA) is 197 Å². The van der Waals surface area contributed by atoms with Crippen LogP contribution in [0.1, 0.15) is 22.6 Å². The van der Waals surface area contributed by atoms with Crippen molar-refractivity contribution in [1.82, 2.24) is 0 Å². The molecular weight excluding hydrogens is 544 g/mol. The van der Waals surface area contributed by atoms with E-state index in [1.165, 1.54) is 28.4 Å². The number of aromatic hydroxyl groups is 2. The lowest BCUT2D eigenvalue weighted by Crippen LogP contribution is -2.59. The third kappa shape index (κ3) is 5.58. The van der Waals surface area contributed by atoms with Crippen LogP contribution in [0.3, 0.4) is 0 Å². The van der Waals surface area contributed by atoms with Gasteiger partial charge in [-0.05, 0) is 47.6 Å². The van der Waals surface area contributed by atoms with E-state index in [9.17, 15) is 35.7 Å². The SMILES string of the molecule is COc1cc([C@@H]2c3c(cc(OC)c(O)c3OC)C[C@@H](CO)[C@@H]2CO[C@H]2O[C@@H](CO)[C@@H](O)[C@@H](O)[C@H]2O)cc(OC)c1O. The summed E-state index contributed by atoms with van der Waals surface area (Å²) in [4.78, 5) is 0. The minimum Gasteiger partial charge on any atom is -0.502 e. The van der Waals surface area contributed by atoms with Gasteiger partial charge in [-0.25, -0.2) is 0 Å². The van der Waals surface area contributed by atoms with Crippen molar-refractivity contribution in [3.05, 3.63) is 34.9 Å². The van der Waals surface area contributed by atoms with Crippen molar-refractivity contribution in [3.63, 3.8) is 0 Å². The zero-order valence-corrected chi connectivity index (χ0v) is 23.3. The Bertz CT molecular complexity index is 1180. The average molecular weight is 583 g/mol. The summed E-state index contributed by atoms with van der Waals surface area (Å²) in [5, 5.41) is 72.6. The van der Waals surface area contributed by atoms with Crippen molar-refractivity contribution in [1.29, 1.82) is 0 Å². The molecule has 13 heteroatoms. The van der Waals surface area contributed by atoms with Gasteiger partial charge in [0.05, 0.1) is 41.7 Å². The van der Waals surface area contributed by atoms with Crippen molar-refractivity contribution < 1.29 is 64.2 Å². The van der Waals surface area contributed by atoms with Gasteiger partial charge in [-0.2, -0.15) is 0 Å². The van der Waals surface area contributed by atoms with Gasteiger partial charge in [0.1, 0.15) is 24.4 Å². The lowest BCUT2D eigenvalue weighted by atomic mass is 9.66. The largest absolute Gasteiger partial charge is 0.502 e. The number of hydrogen-bond donors (Lipinski definition) is 7. The number of phenols is 2. The minimum atomic E-state index is -1.63. The quantitative estimate of drug-likeness (QED) is 0.196. The molecule has 2 aromatic rings. The Balaban J connectivity index is 1.85. The summed E-state index contributed by atoms with van der Waals surface area (Å²) < 4.78 is 33.3. The zero-order chi connectivity index (χ0) is 30.0. The van der Waals surface area contributed by atoms with Crippen molar-refractivity contribution in [2.45, 2.75) is 43.0 Å². The molecule has 1 fully saturated rings. The van der Waals surface area contributed by atoms with Crippen LogP contribution in [0.25, 0.3) is 0 Å². The highest BCUT2D eigenvalue weighted by Gasteiger charge is 2.46. The van der Waals surface area contributed by atoms with Crippen molar-refractivity contribution >= 4 is 0 Å². The summed E-state index contributed by atoms with van der Waals surface area (Å²) in [7, 11) is 5.60. The predicted octanol–water partition coefficient (Wildman–Crippen LogP) is -0.139. The van der Waals surface area contributed by atoms with E-state index in [2.05, 4.69) is 0 Å². The van der Waals surface area contributed by atoms with E-state index >= 15 is 0 Å². The number of phenolic OH excluding ortho intramolecular Hbond substituents is 2. The first kappa shape index (κ1) is 30.9. The number of benzene rings is 2. The molecule has 1 heterocycles. The molecule has 2 aromatic carbocycles. The van der Waals surface area contributed by atoms with Crippen LogP contribution in [0.5, 0.6) is 34.5 Å². The molecule has 0 amide bonds. The third-order valence-electron chi connectivity index (χ3n) is 7.99. The van der Waals surface area contributed by atoms with E-state index in [0.29, 0.717) is 17.5 Å². The maximum absolute atomic E-state index is 11.0. The molecule has 1 saturated heterocycles. The molecule has 0 unspecified atom stereocenters. The number of fused-ring (bicyclic) bond motifs is 1. The highest BCUT2D eigenvalue weighted by Crippen LogP contribution is 2.54. The Hall–Kier alpha value is -3.04. The summed E-state index contributed by atoms with van der Waals surface area (Å²) >= 11 is 0. The summed E-state index contributed by atoms with van der Waals surface area (Å²) in [6, 6.07) is 4.88. The highest BCUT2D eigenvalue weighted by atomic mass is 16.7. The Morgan fingerprint density at radius 1 is 0.780 bits per heavy atom. The van der Waals surface area contributed by atoms with E-state index in [0.717, 1.165) is 5.56 Å². The van der Waals surface area contributed by atoms with Gasteiger partial charge in [0.15, 0.2) is 29.3 Å². The van der Waals surface area contributed by atoms with E-state index in [-0.39, 0.29) is 47.7 Å². The molecule has 0 saturated carbocycles. The molecular formula is C28H38O13. The monoisotopic (exact) mass is 582 g/mol. The van der Waals surface area contributed by atoms with Gasteiger partial charge in [0.25, 0.3) is 0 Å². The molecule has 228 valence electrons. The molecule has 0 spiro atoms. The Kier molecular flexibility index (Phi) is 9.70. The van der Waals surface area contributed by atoms with Crippen LogP contribution in [0.4, 0.5) is 0 Å². The van der Waals surface area contributed by atoms with Crippen LogP contribution < -0.4 is 18.9 Å². The first-order chi connectivity index (χ1) is 19.6. The molecule has 0 radical (unpaired) electrons. The smallest absolute Gasteiger partial charge is 0.201 e. The fourth-order valence-corrected chi connectivity index (χ4v) is 5.83. The van der Waals surface area contributed by atoms with Crippen molar-refractivity contribution in [2.75, 3.05) is 48.3 Å². The molecule has 41 heavy (non-hydrogen) atoms. The summed E-state index contributed by atoms with van der Waals surface area (Å²) in [6.45, 7) is -1.02. The lowest BCUT2D eigenvalue weighted by molar-refractivity contribution is -0.304. The lowest BCUT2D eigenvalue weighted by Gasteiger charge is -2.43.